The Hall–Kier alpha value is -2.02. The summed E-state index contributed by atoms with van der Waals surface area (Å²) in [6.07, 6.45) is 3.40. The van der Waals surface area contributed by atoms with Crippen LogP contribution >= 0.6 is 11.3 Å². The van der Waals surface area contributed by atoms with Gasteiger partial charge >= 0.3 is 0 Å². The predicted octanol–water partition coefficient (Wildman–Crippen LogP) is 2.37. The van der Waals surface area contributed by atoms with E-state index in [-0.39, 0.29) is 6.04 Å². The number of hydrogen-bond acceptors (Lipinski definition) is 6. The summed E-state index contributed by atoms with van der Waals surface area (Å²) >= 11 is 1.69. The van der Waals surface area contributed by atoms with E-state index in [1.807, 2.05) is 19.2 Å². The molecule has 0 amide bonds. The van der Waals surface area contributed by atoms with Crippen molar-refractivity contribution in [1.29, 1.82) is 0 Å². The van der Waals surface area contributed by atoms with Crippen LogP contribution in [0.2, 0.25) is 0 Å². The highest BCUT2D eigenvalue weighted by molar-refractivity contribution is 7.11. The molecular weight excluding hydrogens is 260 g/mol. The molecule has 0 fully saturated rings. The van der Waals surface area contributed by atoms with Crippen molar-refractivity contribution in [3.63, 3.8) is 0 Å². The Morgan fingerprint density at radius 3 is 2.89 bits per heavy atom. The van der Waals surface area contributed by atoms with E-state index in [2.05, 4.69) is 39.2 Å². The van der Waals surface area contributed by atoms with Crippen LogP contribution in [0.5, 0.6) is 0 Å². The maximum absolute atomic E-state index is 4.40. The largest absolute Gasteiger partial charge is 0.361 e. The molecule has 0 saturated carbocycles. The van der Waals surface area contributed by atoms with E-state index in [9.17, 15) is 0 Å². The molecule has 3 rings (SSSR count). The molecule has 0 saturated heterocycles. The number of aromatic nitrogens is 5. The first-order valence-electron chi connectivity index (χ1n) is 6.00. The van der Waals surface area contributed by atoms with Crippen molar-refractivity contribution in [3.8, 4) is 0 Å². The van der Waals surface area contributed by atoms with Gasteiger partial charge in [0.25, 0.3) is 5.78 Å². The topological polar surface area (TPSA) is 68.0 Å². The van der Waals surface area contributed by atoms with Gasteiger partial charge in [0.15, 0.2) is 0 Å². The number of aryl methyl sites for hydroxylation is 2. The highest BCUT2D eigenvalue weighted by Gasteiger charge is 2.12. The van der Waals surface area contributed by atoms with Gasteiger partial charge in [0.05, 0.1) is 6.04 Å². The first-order chi connectivity index (χ1) is 9.13. The van der Waals surface area contributed by atoms with Crippen molar-refractivity contribution >= 4 is 22.9 Å². The summed E-state index contributed by atoms with van der Waals surface area (Å²) in [5.41, 5.74) is 0.908. The summed E-state index contributed by atoms with van der Waals surface area (Å²) in [5, 5.41) is 8.64. The van der Waals surface area contributed by atoms with E-state index in [1.165, 1.54) is 11.2 Å². The Morgan fingerprint density at radius 1 is 1.32 bits per heavy atom. The van der Waals surface area contributed by atoms with Crippen LogP contribution in [0.25, 0.3) is 5.78 Å². The van der Waals surface area contributed by atoms with Crippen LogP contribution in [-0.2, 0) is 0 Å². The first kappa shape index (κ1) is 12.0. The van der Waals surface area contributed by atoms with Crippen LogP contribution < -0.4 is 5.32 Å². The quantitative estimate of drug-likeness (QED) is 0.794. The Bertz CT molecular complexity index is 716. The number of thiazole rings is 1. The summed E-state index contributed by atoms with van der Waals surface area (Å²) in [6.45, 7) is 6.08. The molecule has 1 N–H and O–H groups in total. The molecule has 0 radical (unpaired) electrons. The lowest BCUT2D eigenvalue weighted by atomic mass is 10.3. The Balaban J connectivity index is 1.94. The smallest absolute Gasteiger partial charge is 0.254 e. The molecule has 0 aliphatic carbocycles. The van der Waals surface area contributed by atoms with E-state index in [1.54, 1.807) is 15.9 Å². The van der Waals surface area contributed by atoms with Gasteiger partial charge in [-0.3, -0.25) is 0 Å². The molecule has 6 nitrogen and oxygen atoms in total. The fourth-order valence-electron chi connectivity index (χ4n) is 1.89. The van der Waals surface area contributed by atoms with Crippen LogP contribution in [0.15, 0.2) is 18.6 Å². The van der Waals surface area contributed by atoms with E-state index in [0.29, 0.717) is 5.78 Å². The molecular formula is C12H14N6S. The Kier molecular flexibility index (Phi) is 2.90. The molecule has 3 aromatic rings. The van der Waals surface area contributed by atoms with Crippen LogP contribution in [0.1, 0.15) is 28.5 Å². The highest BCUT2D eigenvalue weighted by atomic mass is 32.1. The molecule has 7 heteroatoms. The van der Waals surface area contributed by atoms with Crippen molar-refractivity contribution in [3.05, 3.63) is 34.2 Å². The summed E-state index contributed by atoms with van der Waals surface area (Å²) in [4.78, 5) is 14.0. The minimum Gasteiger partial charge on any atom is -0.361 e. The zero-order valence-electron chi connectivity index (χ0n) is 11.0. The minimum atomic E-state index is 0.118. The zero-order valence-corrected chi connectivity index (χ0v) is 11.8. The van der Waals surface area contributed by atoms with Crippen LogP contribution in [0, 0.1) is 13.8 Å². The lowest BCUT2D eigenvalue weighted by Crippen LogP contribution is -2.11. The average Bonchev–Trinajstić information content (AvgIpc) is 2.97. The SMILES string of the molecule is Cc1cc(NC(C)c2ncc(C)s2)n2ncnc2n1. The first-order valence-corrected chi connectivity index (χ1v) is 6.81. The van der Waals surface area contributed by atoms with Gasteiger partial charge in [-0.2, -0.15) is 14.6 Å². The molecule has 0 spiro atoms. The molecule has 1 unspecified atom stereocenters. The lowest BCUT2D eigenvalue weighted by Gasteiger charge is -2.13. The third kappa shape index (κ3) is 2.28. The second kappa shape index (κ2) is 4.58. The molecule has 0 bridgehead atoms. The monoisotopic (exact) mass is 274 g/mol. The van der Waals surface area contributed by atoms with Crippen LogP contribution in [0.4, 0.5) is 5.82 Å². The van der Waals surface area contributed by atoms with Gasteiger partial charge in [-0.05, 0) is 20.8 Å². The van der Waals surface area contributed by atoms with Gasteiger partial charge in [0.1, 0.15) is 17.2 Å². The van der Waals surface area contributed by atoms with Crippen LogP contribution in [0.3, 0.4) is 0 Å². The predicted molar refractivity (Wildman–Crippen MR) is 74.4 cm³/mol. The number of anilines is 1. The normalized spacial score (nSPS) is 12.8. The number of nitrogens with one attached hydrogen (secondary N) is 1. The molecule has 3 heterocycles. The molecule has 3 aromatic heterocycles. The van der Waals surface area contributed by atoms with Gasteiger partial charge in [-0.15, -0.1) is 11.3 Å². The zero-order chi connectivity index (χ0) is 13.4. The standard InChI is InChI=1S/C12H14N6S/c1-7-4-10(18-12(16-7)14-6-15-18)17-9(3)11-13-5-8(2)19-11/h4-6,9,17H,1-3H3. The molecule has 0 aliphatic heterocycles. The van der Waals surface area contributed by atoms with Gasteiger partial charge in [-0.25, -0.2) is 9.97 Å². The molecule has 19 heavy (non-hydrogen) atoms. The molecule has 98 valence electrons. The summed E-state index contributed by atoms with van der Waals surface area (Å²) in [7, 11) is 0. The second-order valence-electron chi connectivity index (χ2n) is 4.43. The van der Waals surface area contributed by atoms with Crippen molar-refractivity contribution in [2.24, 2.45) is 0 Å². The summed E-state index contributed by atoms with van der Waals surface area (Å²) < 4.78 is 1.70. The number of rotatable bonds is 3. The van der Waals surface area contributed by atoms with E-state index in [0.717, 1.165) is 16.5 Å². The fourth-order valence-corrected chi connectivity index (χ4v) is 2.67. The van der Waals surface area contributed by atoms with Gasteiger partial charge in [0.2, 0.25) is 0 Å². The van der Waals surface area contributed by atoms with E-state index < -0.39 is 0 Å². The van der Waals surface area contributed by atoms with E-state index in [4.69, 9.17) is 0 Å². The summed E-state index contributed by atoms with van der Waals surface area (Å²) in [6, 6.07) is 2.08. The number of hydrogen-bond donors (Lipinski definition) is 1. The van der Waals surface area contributed by atoms with Crippen molar-refractivity contribution < 1.29 is 0 Å². The maximum Gasteiger partial charge on any atom is 0.254 e. The van der Waals surface area contributed by atoms with E-state index >= 15 is 0 Å². The Morgan fingerprint density at radius 2 is 2.16 bits per heavy atom. The lowest BCUT2D eigenvalue weighted by molar-refractivity contribution is 0.829. The van der Waals surface area contributed by atoms with Gasteiger partial charge < -0.3 is 5.32 Å². The van der Waals surface area contributed by atoms with Gasteiger partial charge in [-0.1, -0.05) is 0 Å². The van der Waals surface area contributed by atoms with Crippen molar-refractivity contribution in [2.75, 3.05) is 5.32 Å². The molecule has 1 atom stereocenters. The third-order valence-corrected chi connectivity index (χ3v) is 3.85. The average molecular weight is 274 g/mol. The third-order valence-electron chi connectivity index (χ3n) is 2.75. The van der Waals surface area contributed by atoms with Crippen molar-refractivity contribution in [1.82, 2.24) is 24.6 Å². The fraction of sp³-hybridized carbons (Fsp3) is 0.333. The number of nitrogens with zero attached hydrogens (tertiary/aromatic N) is 5. The molecule has 0 aromatic carbocycles. The minimum absolute atomic E-state index is 0.118. The highest BCUT2D eigenvalue weighted by Crippen LogP contribution is 2.23. The Labute approximate surface area is 114 Å². The van der Waals surface area contributed by atoms with Gasteiger partial charge in [0, 0.05) is 22.8 Å². The summed E-state index contributed by atoms with van der Waals surface area (Å²) in [5.74, 6) is 1.48. The number of fused-ring (bicyclic) bond motifs is 1. The van der Waals surface area contributed by atoms with Crippen LogP contribution in [-0.4, -0.2) is 24.6 Å². The molecule has 0 aliphatic rings. The van der Waals surface area contributed by atoms with Crippen molar-refractivity contribution in [2.45, 2.75) is 26.8 Å². The maximum atomic E-state index is 4.40. The second-order valence-corrected chi connectivity index (χ2v) is 5.70.